The van der Waals surface area contributed by atoms with Gasteiger partial charge in [0.1, 0.15) is 6.54 Å². The molecule has 0 saturated heterocycles. The Bertz CT molecular complexity index is 806. The van der Waals surface area contributed by atoms with Crippen LogP contribution in [0.3, 0.4) is 0 Å². The van der Waals surface area contributed by atoms with Crippen molar-refractivity contribution >= 4 is 16.9 Å². The van der Waals surface area contributed by atoms with E-state index in [4.69, 9.17) is 0 Å². The number of aromatic nitrogens is 3. The molecule has 0 unspecified atom stereocenters. The standard InChI is InChI=1S/C17H21F3N4O/c1-9(2)7-21-14(25)8-24-16-15(10(3)23-24)12(17(18,19)20)6-13(22-16)11-4-5-11/h6,9,11H,4-5,7-8H2,1-3H3,(H,21,25). The van der Waals surface area contributed by atoms with Gasteiger partial charge in [0.2, 0.25) is 5.91 Å². The number of nitrogens with zero attached hydrogens (tertiary/aromatic N) is 3. The summed E-state index contributed by atoms with van der Waals surface area (Å²) in [4.78, 5) is 16.5. The molecule has 1 N–H and O–H groups in total. The van der Waals surface area contributed by atoms with Gasteiger partial charge < -0.3 is 5.32 Å². The predicted molar refractivity (Wildman–Crippen MR) is 87.1 cm³/mol. The Balaban J connectivity index is 2.02. The number of hydrogen-bond acceptors (Lipinski definition) is 3. The van der Waals surface area contributed by atoms with Crippen LogP contribution in [0.1, 0.15) is 49.6 Å². The van der Waals surface area contributed by atoms with E-state index in [0.29, 0.717) is 12.2 Å². The van der Waals surface area contributed by atoms with Crippen molar-refractivity contribution in [1.82, 2.24) is 20.1 Å². The smallest absolute Gasteiger partial charge is 0.354 e. The van der Waals surface area contributed by atoms with Crippen LogP contribution in [-0.4, -0.2) is 27.2 Å². The lowest BCUT2D eigenvalue weighted by Crippen LogP contribution is -2.31. The minimum Gasteiger partial charge on any atom is -0.354 e. The molecule has 0 atom stereocenters. The van der Waals surface area contributed by atoms with Gasteiger partial charge in [0, 0.05) is 18.2 Å². The van der Waals surface area contributed by atoms with Gasteiger partial charge >= 0.3 is 6.18 Å². The van der Waals surface area contributed by atoms with E-state index in [0.717, 1.165) is 18.9 Å². The van der Waals surface area contributed by atoms with E-state index in [1.165, 1.54) is 11.6 Å². The van der Waals surface area contributed by atoms with Gasteiger partial charge in [-0.15, -0.1) is 0 Å². The Morgan fingerprint density at radius 3 is 2.64 bits per heavy atom. The van der Waals surface area contributed by atoms with Gasteiger partial charge in [-0.05, 0) is 31.7 Å². The lowest BCUT2D eigenvalue weighted by atomic mass is 10.1. The number of carbonyl (C=O) groups is 1. The molecule has 1 saturated carbocycles. The molecule has 1 amide bonds. The van der Waals surface area contributed by atoms with E-state index < -0.39 is 11.7 Å². The normalized spacial score (nSPS) is 15.2. The predicted octanol–water partition coefficient (Wildman–Crippen LogP) is 3.41. The summed E-state index contributed by atoms with van der Waals surface area (Å²) in [6.45, 7) is 5.80. The van der Waals surface area contributed by atoms with Crippen molar-refractivity contribution in [3.63, 3.8) is 0 Å². The number of hydrogen-bond donors (Lipinski definition) is 1. The number of halogens is 3. The Labute approximate surface area is 143 Å². The Hall–Kier alpha value is -2.12. The van der Waals surface area contributed by atoms with Gasteiger partial charge in [-0.25, -0.2) is 9.67 Å². The van der Waals surface area contributed by atoms with Gasteiger partial charge in [-0.2, -0.15) is 18.3 Å². The molecule has 136 valence electrons. The fourth-order valence-electron chi connectivity index (χ4n) is 2.80. The Morgan fingerprint density at radius 1 is 1.40 bits per heavy atom. The topological polar surface area (TPSA) is 59.8 Å². The maximum atomic E-state index is 13.5. The van der Waals surface area contributed by atoms with E-state index in [-0.39, 0.29) is 41.0 Å². The van der Waals surface area contributed by atoms with Gasteiger partial charge in [0.05, 0.1) is 16.6 Å². The molecular weight excluding hydrogens is 333 g/mol. The molecule has 8 heteroatoms. The minimum absolute atomic E-state index is 0.0199. The SMILES string of the molecule is Cc1nn(CC(=O)NCC(C)C)c2nc(C3CC3)cc(C(F)(F)F)c12. The molecule has 5 nitrogen and oxygen atoms in total. The maximum Gasteiger partial charge on any atom is 0.417 e. The number of alkyl halides is 3. The molecule has 1 aliphatic rings. The Kier molecular flexibility index (Phi) is 4.47. The lowest BCUT2D eigenvalue weighted by Gasteiger charge is -2.11. The largest absolute Gasteiger partial charge is 0.417 e. The van der Waals surface area contributed by atoms with Gasteiger partial charge in [-0.1, -0.05) is 13.8 Å². The second kappa shape index (κ2) is 6.31. The highest BCUT2D eigenvalue weighted by atomic mass is 19.4. The summed E-state index contributed by atoms with van der Waals surface area (Å²) in [5, 5.41) is 6.87. The van der Waals surface area contributed by atoms with Crippen molar-refractivity contribution in [2.24, 2.45) is 5.92 Å². The zero-order valence-electron chi connectivity index (χ0n) is 14.4. The first-order valence-electron chi connectivity index (χ1n) is 8.38. The number of pyridine rings is 1. The number of rotatable bonds is 5. The zero-order valence-corrected chi connectivity index (χ0v) is 14.4. The fourth-order valence-corrected chi connectivity index (χ4v) is 2.80. The van der Waals surface area contributed by atoms with Crippen molar-refractivity contribution in [2.75, 3.05) is 6.54 Å². The van der Waals surface area contributed by atoms with Gasteiger partial charge in [0.25, 0.3) is 0 Å². The average molecular weight is 354 g/mol. The third kappa shape index (κ3) is 3.77. The van der Waals surface area contributed by atoms with Crippen LogP contribution >= 0.6 is 0 Å². The van der Waals surface area contributed by atoms with Crippen LogP contribution in [0.15, 0.2) is 6.07 Å². The number of aryl methyl sites for hydroxylation is 1. The van der Waals surface area contributed by atoms with Crippen molar-refractivity contribution in [1.29, 1.82) is 0 Å². The molecule has 1 fully saturated rings. The van der Waals surface area contributed by atoms with Gasteiger partial charge in [-0.3, -0.25) is 4.79 Å². The number of fused-ring (bicyclic) bond motifs is 1. The molecule has 0 bridgehead atoms. The molecule has 1 aliphatic carbocycles. The number of amides is 1. The van der Waals surface area contributed by atoms with Crippen LogP contribution < -0.4 is 5.32 Å². The average Bonchev–Trinajstić information content (AvgIpc) is 3.30. The Morgan fingerprint density at radius 2 is 2.08 bits per heavy atom. The molecule has 2 heterocycles. The van der Waals surface area contributed by atoms with E-state index in [2.05, 4.69) is 15.4 Å². The zero-order chi connectivity index (χ0) is 18.4. The molecule has 0 spiro atoms. The monoisotopic (exact) mass is 354 g/mol. The summed E-state index contributed by atoms with van der Waals surface area (Å²) in [6.07, 6.45) is -2.79. The summed E-state index contributed by atoms with van der Waals surface area (Å²) in [7, 11) is 0. The maximum absolute atomic E-state index is 13.5. The van der Waals surface area contributed by atoms with E-state index in [9.17, 15) is 18.0 Å². The van der Waals surface area contributed by atoms with Crippen LogP contribution in [-0.2, 0) is 17.5 Å². The van der Waals surface area contributed by atoms with Crippen LogP contribution in [0.25, 0.3) is 11.0 Å². The first kappa shape index (κ1) is 17.7. The van der Waals surface area contributed by atoms with Crippen molar-refractivity contribution in [2.45, 2.75) is 52.3 Å². The number of carbonyl (C=O) groups excluding carboxylic acids is 1. The molecule has 3 rings (SSSR count). The fraction of sp³-hybridized carbons (Fsp3) is 0.588. The quantitative estimate of drug-likeness (QED) is 0.895. The molecule has 0 aromatic carbocycles. The molecule has 2 aromatic rings. The molecule has 2 aromatic heterocycles. The molecule has 0 aliphatic heterocycles. The van der Waals surface area contributed by atoms with Gasteiger partial charge in [0.15, 0.2) is 5.65 Å². The van der Waals surface area contributed by atoms with Crippen molar-refractivity contribution < 1.29 is 18.0 Å². The van der Waals surface area contributed by atoms with E-state index in [1.807, 2.05) is 13.8 Å². The molecule has 0 radical (unpaired) electrons. The highest BCUT2D eigenvalue weighted by Gasteiger charge is 2.37. The lowest BCUT2D eigenvalue weighted by molar-refractivity contribution is -0.136. The highest BCUT2D eigenvalue weighted by Crippen LogP contribution is 2.43. The summed E-state index contributed by atoms with van der Waals surface area (Å²) < 4.78 is 41.8. The van der Waals surface area contributed by atoms with Crippen LogP contribution in [0.5, 0.6) is 0 Å². The summed E-state index contributed by atoms with van der Waals surface area (Å²) in [6, 6.07) is 1.14. The third-order valence-electron chi connectivity index (χ3n) is 4.20. The summed E-state index contributed by atoms with van der Waals surface area (Å²) >= 11 is 0. The molecular formula is C17H21F3N4O. The highest BCUT2D eigenvalue weighted by molar-refractivity contribution is 5.85. The second-order valence-electron chi connectivity index (χ2n) is 7.01. The van der Waals surface area contributed by atoms with E-state index >= 15 is 0 Å². The van der Waals surface area contributed by atoms with E-state index in [1.54, 1.807) is 0 Å². The van der Waals surface area contributed by atoms with Crippen molar-refractivity contribution in [3.8, 4) is 0 Å². The number of nitrogens with one attached hydrogen (secondary N) is 1. The summed E-state index contributed by atoms with van der Waals surface area (Å²) in [5.41, 5.74) is 0.0806. The van der Waals surface area contributed by atoms with Crippen LogP contribution in [0, 0.1) is 12.8 Å². The second-order valence-corrected chi connectivity index (χ2v) is 7.01. The van der Waals surface area contributed by atoms with Crippen LogP contribution in [0.4, 0.5) is 13.2 Å². The molecule has 25 heavy (non-hydrogen) atoms. The summed E-state index contributed by atoms with van der Waals surface area (Å²) in [5.74, 6) is 0.0747. The third-order valence-corrected chi connectivity index (χ3v) is 4.20. The minimum atomic E-state index is -4.48. The first-order valence-corrected chi connectivity index (χ1v) is 8.38. The van der Waals surface area contributed by atoms with Crippen molar-refractivity contribution in [3.05, 3.63) is 23.0 Å². The van der Waals surface area contributed by atoms with Crippen LogP contribution in [0.2, 0.25) is 0 Å². The first-order chi connectivity index (χ1) is 11.7.